The van der Waals surface area contributed by atoms with Gasteiger partial charge in [-0.1, -0.05) is 30.7 Å². The van der Waals surface area contributed by atoms with E-state index in [1.54, 1.807) is 6.20 Å². The van der Waals surface area contributed by atoms with Gasteiger partial charge in [0.05, 0.1) is 11.7 Å². The lowest BCUT2D eigenvalue weighted by atomic mass is 9.80. The molecule has 1 aliphatic carbocycles. The number of hydrogen-bond donors (Lipinski definition) is 2. The zero-order chi connectivity index (χ0) is 13.9. The highest BCUT2D eigenvalue weighted by molar-refractivity contribution is 5.32. The van der Waals surface area contributed by atoms with Crippen molar-refractivity contribution in [3.05, 3.63) is 59.2 Å². The predicted octanol–water partition coefficient (Wildman–Crippen LogP) is 2.61. The first-order chi connectivity index (χ1) is 9.78. The topological polar surface area (TPSA) is 63.8 Å². The third kappa shape index (κ3) is 2.57. The van der Waals surface area contributed by atoms with Crippen molar-refractivity contribution in [3.63, 3.8) is 0 Å². The van der Waals surface area contributed by atoms with E-state index < -0.39 is 0 Å². The molecule has 1 aromatic carbocycles. The summed E-state index contributed by atoms with van der Waals surface area (Å²) < 4.78 is 0. The lowest BCUT2D eigenvalue weighted by Crippen LogP contribution is -2.29. The van der Waals surface area contributed by atoms with Crippen LogP contribution in [0.25, 0.3) is 0 Å². The summed E-state index contributed by atoms with van der Waals surface area (Å²) in [6.45, 7) is 1.89. The van der Waals surface area contributed by atoms with Gasteiger partial charge in [0.15, 0.2) is 0 Å². The maximum atomic E-state index is 5.71. The molecule has 104 valence electrons. The molecule has 0 aliphatic heterocycles. The SMILES string of the molecule is Cc1nccc(C(NN)c2ccc(C3CCC3)cc2)n1. The van der Waals surface area contributed by atoms with Gasteiger partial charge in [-0.3, -0.25) is 5.84 Å². The van der Waals surface area contributed by atoms with Crippen LogP contribution in [0.4, 0.5) is 0 Å². The summed E-state index contributed by atoms with van der Waals surface area (Å²) in [4.78, 5) is 8.58. The summed E-state index contributed by atoms with van der Waals surface area (Å²) in [6.07, 6.45) is 5.77. The summed E-state index contributed by atoms with van der Waals surface area (Å²) >= 11 is 0. The molecule has 1 heterocycles. The highest BCUT2D eigenvalue weighted by Gasteiger charge is 2.20. The fourth-order valence-corrected chi connectivity index (χ4v) is 2.69. The van der Waals surface area contributed by atoms with Gasteiger partial charge in [0, 0.05) is 6.20 Å². The number of hydrogen-bond acceptors (Lipinski definition) is 4. The van der Waals surface area contributed by atoms with E-state index in [2.05, 4.69) is 39.7 Å². The molecular formula is C16H20N4. The Balaban J connectivity index is 1.85. The molecule has 0 radical (unpaired) electrons. The first-order valence-corrected chi connectivity index (χ1v) is 7.13. The fraction of sp³-hybridized carbons (Fsp3) is 0.375. The van der Waals surface area contributed by atoms with Crippen molar-refractivity contribution < 1.29 is 0 Å². The van der Waals surface area contributed by atoms with Crippen molar-refractivity contribution in [1.82, 2.24) is 15.4 Å². The van der Waals surface area contributed by atoms with E-state index in [1.807, 2.05) is 13.0 Å². The minimum atomic E-state index is -0.0906. The first-order valence-electron chi connectivity index (χ1n) is 7.13. The average molecular weight is 268 g/mol. The van der Waals surface area contributed by atoms with Crippen molar-refractivity contribution in [1.29, 1.82) is 0 Å². The van der Waals surface area contributed by atoms with Crippen LogP contribution in [0.1, 0.15) is 53.9 Å². The van der Waals surface area contributed by atoms with Crippen LogP contribution >= 0.6 is 0 Å². The summed E-state index contributed by atoms with van der Waals surface area (Å²) in [7, 11) is 0. The molecule has 0 saturated heterocycles. The van der Waals surface area contributed by atoms with Gasteiger partial charge in [0.1, 0.15) is 5.82 Å². The van der Waals surface area contributed by atoms with E-state index in [4.69, 9.17) is 5.84 Å². The van der Waals surface area contributed by atoms with Crippen LogP contribution in [0.2, 0.25) is 0 Å². The number of aryl methyl sites for hydroxylation is 1. The Bertz CT molecular complexity index is 575. The van der Waals surface area contributed by atoms with E-state index in [9.17, 15) is 0 Å². The second-order valence-corrected chi connectivity index (χ2v) is 5.42. The van der Waals surface area contributed by atoms with Gasteiger partial charge in [-0.05, 0) is 42.9 Å². The average Bonchev–Trinajstić information content (AvgIpc) is 2.40. The van der Waals surface area contributed by atoms with E-state index in [0.717, 1.165) is 23.0 Å². The molecule has 0 amide bonds. The van der Waals surface area contributed by atoms with Crippen molar-refractivity contribution in [2.24, 2.45) is 5.84 Å². The largest absolute Gasteiger partial charge is 0.271 e. The Hall–Kier alpha value is -1.78. The second kappa shape index (κ2) is 5.69. The third-order valence-corrected chi connectivity index (χ3v) is 4.11. The summed E-state index contributed by atoms with van der Waals surface area (Å²) in [5.41, 5.74) is 6.32. The Morgan fingerprint density at radius 1 is 1.20 bits per heavy atom. The number of nitrogens with zero attached hydrogens (tertiary/aromatic N) is 2. The molecule has 0 bridgehead atoms. The van der Waals surface area contributed by atoms with Gasteiger partial charge < -0.3 is 0 Å². The smallest absolute Gasteiger partial charge is 0.125 e. The van der Waals surface area contributed by atoms with Gasteiger partial charge in [-0.25, -0.2) is 15.4 Å². The molecule has 1 unspecified atom stereocenters. The number of aromatic nitrogens is 2. The van der Waals surface area contributed by atoms with Crippen LogP contribution in [0.15, 0.2) is 36.5 Å². The predicted molar refractivity (Wildman–Crippen MR) is 79.0 cm³/mol. The van der Waals surface area contributed by atoms with Crippen LogP contribution in [0.5, 0.6) is 0 Å². The minimum Gasteiger partial charge on any atom is -0.271 e. The number of benzene rings is 1. The number of hydrazine groups is 1. The van der Waals surface area contributed by atoms with Crippen molar-refractivity contribution >= 4 is 0 Å². The number of rotatable bonds is 4. The van der Waals surface area contributed by atoms with Crippen LogP contribution in [-0.2, 0) is 0 Å². The van der Waals surface area contributed by atoms with E-state index in [-0.39, 0.29) is 6.04 Å². The lowest BCUT2D eigenvalue weighted by Gasteiger charge is -2.26. The molecule has 20 heavy (non-hydrogen) atoms. The fourth-order valence-electron chi connectivity index (χ4n) is 2.69. The standard InChI is InChI=1S/C16H20N4/c1-11-18-10-9-15(19-11)16(20-17)14-7-5-13(6-8-14)12-3-2-4-12/h5-10,12,16,20H,2-4,17H2,1H3. The molecule has 1 aromatic heterocycles. The van der Waals surface area contributed by atoms with Crippen LogP contribution < -0.4 is 11.3 Å². The second-order valence-electron chi connectivity index (χ2n) is 5.42. The monoisotopic (exact) mass is 268 g/mol. The van der Waals surface area contributed by atoms with Crippen LogP contribution in [0, 0.1) is 6.92 Å². The number of nitrogens with one attached hydrogen (secondary N) is 1. The van der Waals surface area contributed by atoms with E-state index in [1.165, 1.54) is 24.8 Å². The van der Waals surface area contributed by atoms with Gasteiger partial charge in [0.2, 0.25) is 0 Å². The lowest BCUT2D eigenvalue weighted by molar-refractivity contribution is 0.419. The van der Waals surface area contributed by atoms with Gasteiger partial charge in [-0.2, -0.15) is 0 Å². The Morgan fingerprint density at radius 2 is 1.95 bits per heavy atom. The Labute approximate surface area is 119 Å². The highest BCUT2D eigenvalue weighted by atomic mass is 15.2. The third-order valence-electron chi connectivity index (χ3n) is 4.11. The molecule has 1 atom stereocenters. The maximum absolute atomic E-state index is 5.71. The normalized spacial score (nSPS) is 16.7. The highest BCUT2D eigenvalue weighted by Crippen LogP contribution is 2.36. The Kier molecular flexibility index (Phi) is 3.76. The molecule has 4 heteroatoms. The van der Waals surface area contributed by atoms with Gasteiger partial charge in [-0.15, -0.1) is 0 Å². The zero-order valence-corrected chi connectivity index (χ0v) is 11.7. The molecule has 1 saturated carbocycles. The van der Waals surface area contributed by atoms with Crippen molar-refractivity contribution in [2.45, 2.75) is 38.1 Å². The molecular weight excluding hydrogens is 248 g/mol. The molecule has 0 spiro atoms. The Morgan fingerprint density at radius 3 is 2.50 bits per heavy atom. The van der Waals surface area contributed by atoms with Gasteiger partial charge >= 0.3 is 0 Å². The molecule has 2 aromatic rings. The van der Waals surface area contributed by atoms with Crippen molar-refractivity contribution in [3.8, 4) is 0 Å². The van der Waals surface area contributed by atoms with E-state index in [0.29, 0.717) is 0 Å². The molecule has 3 rings (SSSR count). The molecule has 1 aliphatic rings. The minimum absolute atomic E-state index is 0.0906. The van der Waals surface area contributed by atoms with Gasteiger partial charge in [0.25, 0.3) is 0 Å². The zero-order valence-electron chi connectivity index (χ0n) is 11.7. The molecule has 3 N–H and O–H groups in total. The maximum Gasteiger partial charge on any atom is 0.125 e. The van der Waals surface area contributed by atoms with Crippen LogP contribution in [-0.4, -0.2) is 9.97 Å². The van der Waals surface area contributed by atoms with E-state index >= 15 is 0 Å². The molecule has 4 nitrogen and oxygen atoms in total. The number of nitrogens with two attached hydrogens (primary N) is 1. The molecule has 1 fully saturated rings. The summed E-state index contributed by atoms with van der Waals surface area (Å²) in [5, 5.41) is 0. The van der Waals surface area contributed by atoms with Crippen molar-refractivity contribution in [2.75, 3.05) is 0 Å². The quantitative estimate of drug-likeness (QED) is 0.661. The summed E-state index contributed by atoms with van der Waals surface area (Å²) in [5.74, 6) is 7.23. The van der Waals surface area contributed by atoms with Crippen LogP contribution in [0.3, 0.4) is 0 Å². The first kappa shape index (κ1) is 13.2. The summed E-state index contributed by atoms with van der Waals surface area (Å²) in [6, 6.07) is 10.5.